The van der Waals surface area contributed by atoms with Crippen LogP contribution in [0.4, 0.5) is 0 Å². The molecule has 6 aromatic rings. The Morgan fingerprint density at radius 2 is 0.966 bits per heavy atom. The van der Waals surface area contributed by atoms with Gasteiger partial charge in [-0.1, -0.05) is 11.8 Å². The minimum Gasteiger partial charge on any atom is -0.497 e. The third kappa shape index (κ3) is 9.06. The van der Waals surface area contributed by atoms with E-state index in [9.17, 15) is 19.8 Å². The number of methoxy groups -OCH3 is 4. The highest BCUT2D eigenvalue weighted by Crippen LogP contribution is 2.41. The zero-order valence-electron chi connectivity index (χ0n) is 32.6. The van der Waals surface area contributed by atoms with Crippen LogP contribution in [0.15, 0.2) is 81.6 Å². The molecular formula is C46H42O12. The van der Waals surface area contributed by atoms with Crippen LogP contribution in [0.3, 0.4) is 0 Å². The van der Waals surface area contributed by atoms with Gasteiger partial charge < -0.3 is 47.5 Å². The van der Waals surface area contributed by atoms with Crippen LogP contribution in [0.1, 0.15) is 57.5 Å². The molecule has 0 amide bonds. The second-order valence-corrected chi connectivity index (χ2v) is 12.8. The van der Waals surface area contributed by atoms with E-state index < -0.39 is 11.9 Å². The van der Waals surface area contributed by atoms with Crippen LogP contribution in [0.5, 0.6) is 23.0 Å². The largest absolute Gasteiger partial charge is 0.497 e. The zero-order chi connectivity index (χ0) is 41.0. The molecule has 0 atom stereocenters. The van der Waals surface area contributed by atoms with Crippen molar-refractivity contribution in [3.8, 4) is 69.3 Å². The van der Waals surface area contributed by atoms with E-state index in [1.54, 1.807) is 87.0 Å². The molecule has 2 heterocycles. The molecular weight excluding hydrogens is 744 g/mol. The van der Waals surface area contributed by atoms with E-state index in [0.717, 1.165) is 0 Å². The molecule has 0 aliphatic rings. The van der Waals surface area contributed by atoms with E-state index in [1.807, 2.05) is 0 Å². The summed E-state index contributed by atoms with van der Waals surface area (Å²) in [6, 6.07) is 20.9. The van der Waals surface area contributed by atoms with Crippen molar-refractivity contribution in [1.82, 2.24) is 0 Å². The average Bonchev–Trinajstić information content (AvgIpc) is 3.85. The number of hydrogen-bond donors (Lipinski definition) is 2. The monoisotopic (exact) mass is 786 g/mol. The highest BCUT2D eigenvalue weighted by molar-refractivity contribution is 6.11. The van der Waals surface area contributed by atoms with Crippen molar-refractivity contribution >= 4 is 33.9 Å². The maximum absolute atomic E-state index is 13.5. The normalized spacial score (nSPS) is 10.7. The predicted molar refractivity (Wildman–Crippen MR) is 216 cm³/mol. The van der Waals surface area contributed by atoms with Gasteiger partial charge in [0, 0.05) is 34.7 Å². The fourth-order valence-electron chi connectivity index (χ4n) is 6.24. The first kappa shape index (κ1) is 40.8. The van der Waals surface area contributed by atoms with Crippen molar-refractivity contribution in [1.29, 1.82) is 0 Å². The number of hydrogen-bond acceptors (Lipinski definition) is 12. The summed E-state index contributed by atoms with van der Waals surface area (Å²) in [6.07, 6.45) is 1.83. The SMILES string of the molecule is COc1ccc(-c2oc3c(OC)cc(CO)cc3c2C(=O)OCCCC#CC#CCCCOC(=O)c2c(-c3ccc(OC)cc3)oc3c(OC)cc(CO)cc23)cc1. The average molecular weight is 787 g/mol. The molecule has 6 rings (SSSR count). The lowest BCUT2D eigenvalue weighted by Gasteiger charge is -2.06. The number of carbonyl (C=O) groups excluding carboxylic acids is 2. The highest BCUT2D eigenvalue weighted by atomic mass is 16.5. The lowest BCUT2D eigenvalue weighted by molar-refractivity contribution is 0.0494. The van der Waals surface area contributed by atoms with Crippen LogP contribution in [0, 0.1) is 23.7 Å². The van der Waals surface area contributed by atoms with Crippen molar-refractivity contribution in [2.24, 2.45) is 0 Å². The second kappa shape index (κ2) is 19.3. The van der Waals surface area contributed by atoms with Crippen molar-refractivity contribution in [3.63, 3.8) is 0 Å². The standard InChI is InChI=1S/C46H42O12/c1-51-33-17-13-31(14-18-33)41-39(35-23-29(27-47)25-37(53-3)43(35)57-41)45(49)55-21-11-9-7-5-6-8-10-12-22-56-46(50)40-36-24-30(28-48)26-38(54-4)44(36)58-42(40)32-15-19-34(52-2)20-16-32/h13-20,23-26,47-48H,9-12,21-22,27-28H2,1-4H3. The smallest absolute Gasteiger partial charge is 0.342 e. The Kier molecular flexibility index (Phi) is 13.6. The first-order valence-corrected chi connectivity index (χ1v) is 18.4. The quantitative estimate of drug-likeness (QED) is 0.0553. The molecule has 2 aromatic heterocycles. The van der Waals surface area contributed by atoms with Gasteiger partial charge in [-0.05, 0) is 109 Å². The topological polar surface area (TPSA) is 156 Å². The van der Waals surface area contributed by atoms with Crippen molar-refractivity contribution in [2.45, 2.75) is 38.9 Å². The first-order chi connectivity index (χ1) is 28.3. The predicted octanol–water partition coefficient (Wildman–Crippen LogP) is 8.11. The number of rotatable bonds is 16. The molecule has 0 radical (unpaired) electrons. The number of furan rings is 2. The highest BCUT2D eigenvalue weighted by Gasteiger charge is 2.27. The fraction of sp³-hybridized carbons (Fsp3) is 0.261. The summed E-state index contributed by atoms with van der Waals surface area (Å²) in [5.41, 5.74) is 3.57. The fourth-order valence-corrected chi connectivity index (χ4v) is 6.24. The Morgan fingerprint density at radius 3 is 1.31 bits per heavy atom. The summed E-state index contributed by atoms with van der Waals surface area (Å²) in [6.45, 7) is -0.283. The van der Waals surface area contributed by atoms with Crippen LogP contribution in [0.2, 0.25) is 0 Å². The van der Waals surface area contributed by atoms with Crippen molar-refractivity contribution < 1.29 is 57.1 Å². The number of aliphatic hydroxyl groups is 2. The Bertz CT molecular complexity index is 2340. The molecule has 0 aliphatic heterocycles. The first-order valence-electron chi connectivity index (χ1n) is 18.4. The van der Waals surface area contributed by atoms with Gasteiger partial charge in [-0.2, -0.15) is 0 Å². The van der Waals surface area contributed by atoms with E-state index in [4.69, 9.17) is 37.3 Å². The molecule has 0 fully saturated rings. The van der Waals surface area contributed by atoms with E-state index >= 15 is 0 Å². The number of carbonyl (C=O) groups is 2. The molecule has 0 bridgehead atoms. The molecule has 12 nitrogen and oxygen atoms in total. The zero-order valence-corrected chi connectivity index (χ0v) is 32.6. The molecule has 12 heteroatoms. The summed E-state index contributed by atoms with van der Waals surface area (Å²) < 4.78 is 45.2. The number of fused-ring (bicyclic) bond motifs is 2. The summed E-state index contributed by atoms with van der Waals surface area (Å²) in [5, 5.41) is 20.6. The van der Waals surface area contributed by atoms with E-state index in [2.05, 4.69) is 23.7 Å². The Balaban J connectivity index is 1.03. The van der Waals surface area contributed by atoms with Crippen LogP contribution in [-0.2, 0) is 22.7 Å². The molecule has 4 aromatic carbocycles. The Hall–Kier alpha value is -6.86. The van der Waals surface area contributed by atoms with Gasteiger partial charge in [-0.3, -0.25) is 0 Å². The molecule has 0 unspecified atom stereocenters. The van der Waals surface area contributed by atoms with Crippen LogP contribution >= 0.6 is 0 Å². The van der Waals surface area contributed by atoms with Crippen molar-refractivity contribution in [2.75, 3.05) is 41.7 Å². The number of esters is 2. The van der Waals surface area contributed by atoms with Crippen molar-refractivity contribution in [3.05, 3.63) is 95.1 Å². The van der Waals surface area contributed by atoms with E-state index in [1.165, 1.54) is 14.2 Å². The summed E-state index contributed by atoms with van der Waals surface area (Å²) in [5.74, 6) is 13.1. The maximum Gasteiger partial charge on any atom is 0.342 e. The van der Waals surface area contributed by atoms with Gasteiger partial charge in [-0.25, -0.2) is 9.59 Å². The van der Waals surface area contributed by atoms with Gasteiger partial charge in [0.2, 0.25) is 0 Å². The third-order valence-electron chi connectivity index (χ3n) is 9.15. The minimum absolute atomic E-state index is 0.109. The van der Waals surface area contributed by atoms with Gasteiger partial charge >= 0.3 is 11.9 Å². The molecule has 0 aliphatic carbocycles. The van der Waals surface area contributed by atoms with Gasteiger partial charge in [0.05, 0.1) is 54.9 Å². The van der Waals surface area contributed by atoms with Gasteiger partial charge in [0.25, 0.3) is 0 Å². The lowest BCUT2D eigenvalue weighted by Crippen LogP contribution is -2.07. The lowest BCUT2D eigenvalue weighted by atomic mass is 10.0. The molecule has 58 heavy (non-hydrogen) atoms. The third-order valence-corrected chi connectivity index (χ3v) is 9.15. The van der Waals surface area contributed by atoms with Crippen LogP contribution in [0.25, 0.3) is 44.6 Å². The van der Waals surface area contributed by atoms with Gasteiger partial charge in [-0.15, -0.1) is 0 Å². The van der Waals surface area contributed by atoms with Crippen LogP contribution in [-0.4, -0.2) is 63.8 Å². The van der Waals surface area contributed by atoms with E-state index in [0.29, 0.717) is 104 Å². The summed E-state index contributed by atoms with van der Waals surface area (Å²) >= 11 is 0. The number of ether oxygens (including phenoxy) is 6. The Labute approximate surface area is 335 Å². The van der Waals surface area contributed by atoms with Gasteiger partial charge in [0.1, 0.15) is 34.1 Å². The number of aliphatic hydroxyl groups excluding tert-OH is 2. The van der Waals surface area contributed by atoms with Crippen LogP contribution < -0.4 is 18.9 Å². The van der Waals surface area contributed by atoms with Gasteiger partial charge in [0.15, 0.2) is 22.7 Å². The summed E-state index contributed by atoms with van der Waals surface area (Å²) in [7, 11) is 6.12. The molecule has 0 spiro atoms. The molecule has 0 saturated carbocycles. The number of benzene rings is 4. The Morgan fingerprint density at radius 1 is 0.569 bits per heavy atom. The number of unbranched alkanes of at least 4 members (excludes halogenated alkanes) is 2. The second-order valence-electron chi connectivity index (χ2n) is 12.8. The molecule has 0 saturated heterocycles. The summed E-state index contributed by atoms with van der Waals surface area (Å²) in [4.78, 5) is 27.0. The molecule has 2 N–H and O–H groups in total. The van der Waals surface area contributed by atoms with E-state index in [-0.39, 0.29) is 37.6 Å². The maximum atomic E-state index is 13.5. The molecule has 298 valence electrons. The minimum atomic E-state index is -0.581.